The topological polar surface area (TPSA) is 113 Å². The zero-order chi connectivity index (χ0) is 21.1. The van der Waals surface area contributed by atoms with E-state index in [4.69, 9.17) is 0 Å². The molecular weight excluding hydrogens is 394 g/mol. The number of carbonyl (C=O) groups is 3. The third-order valence-electron chi connectivity index (χ3n) is 4.83. The molecule has 0 bridgehead atoms. The molecule has 2 aromatic rings. The van der Waals surface area contributed by atoms with E-state index in [0.29, 0.717) is 10.6 Å². The van der Waals surface area contributed by atoms with Gasteiger partial charge in [0.2, 0.25) is 5.91 Å². The van der Waals surface area contributed by atoms with E-state index >= 15 is 0 Å². The molecule has 0 radical (unpaired) electrons. The Hall–Kier alpha value is -3.20. The number of carbonyl (C=O) groups excluding carboxylic acids is 3. The minimum atomic E-state index is -3.65. The third kappa shape index (κ3) is 4.00. The number of urea groups is 1. The molecule has 1 atom stereocenters. The lowest BCUT2D eigenvalue weighted by Crippen LogP contribution is -2.48. The molecule has 4 amide bonds. The first-order valence-electron chi connectivity index (χ1n) is 9.09. The van der Waals surface area contributed by atoms with E-state index in [1.54, 1.807) is 55.5 Å². The van der Waals surface area contributed by atoms with Crippen LogP contribution in [-0.2, 0) is 25.0 Å². The minimum absolute atomic E-state index is 0.108. The average Bonchev–Trinajstić information content (AvgIpc) is 2.99. The normalized spacial score (nSPS) is 19.1. The molecule has 2 aromatic carbocycles. The number of benzene rings is 2. The summed E-state index contributed by atoms with van der Waals surface area (Å²) in [6.45, 7) is 1.75. The zero-order valence-electron chi connectivity index (χ0n) is 15.8. The van der Waals surface area contributed by atoms with Crippen LogP contribution in [0, 0.1) is 0 Å². The molecule has 1 aliphatic heterocycles. The molecule has 1 fully saturated rings. The average molecular weight is 415 g/mol. The van der Waals surface area contributed by atoms with E-state index < -0.39 is 45.4 Å². The van der Waals surface area contributed by atoms with E-state index in [1.165, 1.54) is 12.1 Å². The van der Waals surface area contributed by atoms with Crippen LogP contribution in [0.3, 0.4) is 0 Å². The largest absolute Gasteiger partial charge is 0.344 e. The van der Waals surface area contributed by atoms with Crippen molar-refractivity contribution in [3.05, 3.63) is 66.2 Å². The molecule has 29 heavy (non-hydrogen) atoms. The second kappa shape index (κ2) is 8.04. The summed E-state index contributed by atoms with van der Waals surface area (Å²) < 4.78 is 24.6. The molecule has 1 heterocycles. The molecule has 0 aromatic heterocycles. The van der Waals surface area contributed by atoms with E-state index in [-0.39, 0.29) is 11.3 Å². The number of rotatable bonds is 7. The van der Waals surface area contributed by atoms with Gasteiger partial charge < -0.3 is 5.32 Å². The Kier molecular flexibility index (Phi) is 5.69. The first kappa shape index (κ1) is 20.5. The molecule has 0 saturated carbocycles. The summed E-state index contributed by atoms with van der Waals surface area (Å²) in [5.74, 6) is -1.80. The zero-order valence-corrected chi connectivity index (χ0v) is 16.6. The van der Waals surface area contributed by atoms with E-state index in [1.807, 2.05) is 0 Å². The standard InChI is InChI=1S/C20H21N3O5S/c1-2-20(15-9-5-3-6-10-15)18(25)23(19(26)21-20)22-17(24)13-14-29(27,28)16-11-7-4-8-12-16/h3-12H,2,13-14H2,1H3,(H,21,26)(H,22,24)/t20-/m0/s1. The van der Waals surface area contributed by atoms with Crippen LogP contribution in [0.1, 0.15) is 25.3 Å². The molecule has 0 aliphatic carbocycles. The monoisotopic (exact) mass is 415 g/mol. The number of hydrogen-bond acceptors (Lipinski definition) is 5. The van der Waals surface area contributed by atoms with Crippen molar-refractivity contribution in [2.24, 2.45) is 0 Å². The van der Waals surface area contributed by atoms with Crippen LogP contribution in [-0.4, -0.2) is 37.0 Å². The van der Waals surface area contributed by atoms with Gasteiger partial charge in [-0.25, -0.2) is 13.2 Å². The van der Waals surface area contributed by atoms with E-state index in [0.717, 1.165) is 0 Å². The fraction of sp³-hybridized carbons (Fsp3) is 0.250. The number of nitrogens with one attached hydrogen (secondary N) is 2. The highest BCUT2D eigenvalue weighted by molar-refractivity contribution is 7.91. The maximum Gasteiger partial charge on any atom is 0.344 e. The molecule has 1 saturated heterocycles. The molecule has 8 nitrogen and oxygen atoms in total. The van der Waals surface area contributed by atoms with Gasteiger partial charge in [-0.3, -0.25) is 15.0 Å². The van der Waals surface area contributed by atoms with Gasteiger partial charge in [-0.1, -0.05) is 55.5 Å². The molecular formula is C20H21N3O5S. The lowest BCUT2D eigenvalue weighted by molar-refractivity contribution is -0.139. The van der Waals surface area contributed by atoms with Gasteiger partial charge in [-0.15, -0.1) is 0 Å². The van der Waals surface area contributed by atoms with Crippen LogP contribution in [0.2, 0.25) is 0 Å². The Bertz CT molecular complexity index is 1020. The van der Waals surface area contributed by atoms with Crippen LogP contribution in [0.4, 0.5) is 4.79 Å². The molecule has 0 spiro atoms. The van der Waals surface area contributed by atoms with Crippen LogP contribution in [0.5, 0.6) is 0 Å². The van der Waals surface area contributed by atoms with Gasteiger partial charge in [-0.05, 0) is 24.1 Å². The first-order valence-corrected chi connectivity index (χ1v) is 10.7. The first-order chi connectivity index (χ1) is 13.8. The molecule has 3 rings (SSSR count). The predicted molar refractivity (Wildman–Crippen MR) is 105 cm³/mol. The Labute approximate surface area is 168 Å². The maximum atomic E-state index is 12.9. The lowest BCUT2D eigenvalue weighted by Gasteiger charge is -2.25. The summed E-state index contributed by atoms with van der Waals surface area (Å²) in [7, 11) is -3.65. The van der Waals surface area contributed by atoms with Crippen molar-refractivity contribution in [3.8, 4) is 0 Å². The maximum absolute atomic E-state index is 12.9. The third-order valence-corrected chi connectivity index (χ3v) is 6.56. The van der Waals surface area contributed by atoms with Crippen LogP contribution < -0.4 is 10.7 Å². The Morgan fingerprint density at radius 3 is 2.21 bits per heavy atom. The van der Waals surface area contributed by atoms with Crippen LogP contribution in [0.15, 0.2) is 65.6 Å². The summed E-state index contributed by atoms with van der Waals surface area (Å²) in [4.78, 5) is 37.7. The van der Waals surface area contributed by atoms with Crippen LogP contribution >= 0.6 is 0 Å². The van der Waals surface area contributed by atoms with Gasteiger partial charge in [0.15, 0.2) is 9.84 Å². The number of sulfone groups is 1. The number of nitrogens with zero attached hydrogens (tertiary/aromatic N) is 1. The number of hydrogen-bond donors (Lipinski definition) is 2. The van der Waals surface area contributed by atoms with E-state index in [2.05, 4.69) is 10.7 Å². The van der Waals surface area contributed by atoms with Crippen LogP contribution in [0.25, 0.3) is 0 Å². The molecule has 9 heteroatoms. The second-order valence-electron chi connectivity index (χ2n) is 6.61. The highest BCUT2D eigenvalue weighted by Gasteiger charge is 2.52. The van der Waals surface area contributed by atoms with Gasteiger partial charge in [0.1, 0.15) is 5.54 Å². The van der Waals surface area contributed by atoms with Crippen molar-refractivity contribution in [1.29, 1.82) is 0 Å². The predicted octanol–water partition coefficient (Wildman–Crippen LogP) is 1.74. The Morgan fingerprint density at radius 1 is 1.03 bits per heavy atom. The highest BCUT2D eigenvalue weighted by Crippen LogP contribution is 2.31. The number of imide groups is 1. The summed E-state index contributed by atoms with van der Waals surface area (Å²) >= 11 is 0. The fourth-order valence-electron chi connectivity index (χ4n) is 3.19. The molecule has 152 valence electrons. The second-order valence-corrected chi connectivity index (χ2v) is 8.72. The van der Waals surface area contributed by atoms with Crippen molar-refractivity contribution in [2.75, 3.05) is 5.75 Å². The van der Waals surface area contributed by atoms with Gasteiger partial charge in [0.25, 0.3) is 5.91 Å². The Balaban J connectivity index is 1.69. The minimum Gasteiger partial charge on any atom is -0.318 e. The fourth-order valence-corrected chi connectivity index (χ4v) is 4.45. The molecule has 2 N–H and O–H groups in total. The van der Waals surface area contributed by atoms with Gasteiger partial charge in [-0.2, -0.15) is 5.01 Å². The lowest BCUT2D eigenvalue weighted by atomic mass is 9.87. The number of hydrazine groups is 1. The highest BCUT2D eigenvalue weighted by atomic mass is 32.2. The molecule has 1 aliphatic rings. The summed E-state index contributed by atoms with van der Waals surface area (Å²) in [6.07, 6.45) is -0.102. The van der Waals surface area contributed by atoms with Crippen molar-refractivity contribution < 1.29 is 22.8 Å². The smallest absolute Gasteiger partial charge is 0.318 e. The Morgan fingerprint density at radius 2 is 1.62 bits per heavy atom. The summed E-state index contributed by atoms with van der Waals surface area (Å²) in [5.41, 5.74) is 1.55. The summed E-state index contributed by atoms with van der Waals surface area (Å²) in [5, 5.41) is 3.26. The SMILES string of the molecule is CC[C@@]1(c2ccccc2)NC(=O)N(NC(=O)CCS(=O)(=O)c2ccccc2)C1=O. The summed E-state index contributed by atoms with van der Waals surface area (Å²) in [6, 6.07) is 15.7. The number of amides is 4. The van der Waals surface area contributed by atoms with Crippen molar-refractivity contribution >= 4 is 27.7 Å². The van der Waals surface area contributed by atoms with Crippen molar-refractivity contribution in [3.63, 3.8) is 0 Å². The molecule has 0 unspecified atom stereocenters. The van der Waals surface area contributed by atoms with Gasteiger partial charge in [0.05, 0.1) is 10.6 Å². The van der Waals surface area contributed by atoms with Crippen molar-refractivity contribution in [1.82, 2.24) is 15.8 Å². The van der Waals surface area contributed by atoms with Crippen molar-refractivity contribution in [2.45, 2.75) is 30.2 Å². The van der Waals surface area contributed by atoms with Gasteiger partial charge >= 0.3 is 6.03 Å². The van der Waals surface area contributed by atoms with Gasteiger partial charge in [0, 0.05) is 6.42 Å². The quantitative estimate of drug-likeness (QED) is 0.669. The van der Waals surface area contributed by atoms with E-state index in [9.17, 15) is 22.8 Å².